The molecule has 0 spiro atoms. The van der Waals surface area contributed by atoms with Gasteiger partial charge in [-0.15, -0.1) is 0 Å². The van der Waals surface area contributed by atoms with Crippen LogP contribution in [0.5, 0.6) is 5.75 Å². The summed E-state index contributed by atoms with van der Waals surface area (Å²) >= 11 is 6.99. The van der Waals surface area contributed by atoms with E-state index in [-0.39, 0.29) is 12.0 Å². The lowest BCUT2D eigenvalue weighted by Gasteiger charge is -2.13. The summed E-state index contributed by atoms with van der Waals surface area (Å²) in [4.78, 5) is 11.0. The van der Waals surface area contributed by atoms with Gasteiger partial charge >= 0.3 is 5.97 Å². The molecule has 0 radical (unpaired) electrons. The van der Waals surface area contributed by atoms with E-state index < -0.39 is 0 Å². The molecule has 0 aliphatic heterocycles. The van der Waals surface area contributed by atoms with Gasteiger partial charge in [0.05, 0.1) is 22.7 Å². The van der Waals surface area contributed by atoms with Gasteiger partial charge < -0.3 is 15.2 Å². The molecular formula is C14H19Br2NO3. The number of hydrogen-bond donors (Lipinski definition) is 1. The Kier molecular flexibility index (Phi) is 7.55. The number of esters is 1. The molecule has 0 saturated heterocycles. The average Bonchev–Trinajstić information content (AvgIpc) is 2.35. The number of rotatable bonds is 7. The van der Waals surface area contributed by atoms with Crippen molar-refractivity contribution in [1.29, 1.82) is 0 Å². The molecule has 0 aliphatic carbocycles. The Morgan fingerprint density at radius 3 is 2.45 bits per heavy atom. The van der Waals surface area contributed by atoms with Crippen molar-refractivity contribution in [2.24, 2.45) is 5.73 Å². The first-order valence-corrected chi connectivity index (χ1v) is 7.95. The molecule has 2 N–H and O–H groups in total. The third kappa shape index (κ3) is 5.81. The zero-order valence-electron chi connectivity index (χ0n) is 11.6. The molecule has 0 aliphatic rings. The highest BCUT2D eigenvalue weighted by Crippen LogP contribution is 2.35. The van der Waals surface area contributed by atoms with Crippen LogP contribution in [0.25, 0.3) is 0 Å². The van der Waals surface area contributed by atoms with E-state index in [1.807, 2.05) is 19.1 Å². The largest absolute Gasteiger partial charge is 0.491 e. The molecule has 112 valence electrons. The van der Waals surface area contributed by atoms with Gasteiger partial charge in [-0.3, -0.25) is 4.79 Å². The zero-order chi connectivity index (χ0) is 15.1. The number of halogens is 2. The Labute approximate surface area is 136 Å². The van der Waals surface area contributed by atoms with E-state index in [1.54, 1.807) is 0 Å². The first-order valence-electron chi connectivity index (χ1n) is 6.37. The second-order valence-electron chi connectivity index (χ2n) is 4.60. The highest BCUT2D eigenvalue weighted by Gasteiger charge is 2.10. The van der Waals surface area contributed by atoms with E-state index in [0.29, 0.717) is 19.4 Å². The van der Waals surface area contributed by atoms with Crippen LogP contribution in [0, 0.1) is 0 Å². The van der Waals surface area contributed by atoms with Gasteiger partial charge in [0.1, 0.15) is 5.75 Å². The monoisotopic (exact) mass is 407 g/mol. The highest BCUT2D eigenvalue weighted by molar-refractivity contribution is 9.11. The molecule has 6 heteroatoms. The molecule has 4 nitrogen and oxygen atoms in total. The van der Waals surface area contributed by atoms with Crippen LogP contribution >= 0.6 is 31.9 Å². The zero-order valence-corrected chi connectivity index (χ0v) is 14.8. The van der Waals surface area contributed by atoms with Crippen LogP contribution in [0.1, 0.15) is 25.3 Å². The molecule has 1 aromatic carbocycles. The fraction of sp³-hybridized carbons (Fsp3) is 0.500. The Morgan fingerprint density at radius 2 is 1.95 bits per heavy atom. The lowest BCUT2D eigenvalue weighted by molar-refractivity contribution is -0.140. The molecule has 0 amide bonds. The molecule has 1 unspecified atom stereocenters. The minimum atomic E-state index is -0.223. The summed E-state index contributed by atoms with van der Waals surface area (Å²) in [6.07, 6.45) is 1.78. The lowest BCUT2D eigenvalue weighted by atomic mass is 10.1. The normalized spacial score (nSPS) is 12.1. The van der Waals surface area contributed by atoms with Crippen molar-refractivity contribution in [2.75, 3.05) is 13.7 Å². The average molecular weight is 409 g/mol. The van der Waals surface area contributed by atoms with Crippen LogP contribution in [0.4, 0.5) is 0 Å². The fourth-order valence-electron chi connectivity index (χ4n) is 1.73. The second-order valence-corrected chi connectivity index (χ2v) is 6.31. The fourth-order valence-corrected chi connectivity index (χ4v) is 3.24. The van der Waals surface area contributed by atoms with Gasteiger partial charge in [-0.2, -0.15) is 0 Å². The van der Waals surface area contributed by atoms with Crippen molar-refractivity contribution in [1.82, 2.24) is 0 Å². The maximum Gasteiger partial charge on any atom is 0.305 e. The third-order valence-electron chi connectivity index (χ3n) is 2.62. The number of benzene rings is 1. The maximum absolute atomic E-state index is 11.0. The molecule has 1 aromatic rings. The van der Waals surface area contributed by atoms with Crippen LogP contribution in [-0.2, 0) is 16.0 Å². The van der Waals surface area contributed by atoms with E-state index in [4.69, 9.17) is 10.5 Å². The summed E-state index contributed by atoms with van der Waals surface area (Å²) in [5, 5.41) is 0. The maximum atomic E-state index is 11.0. The quantitative estimate of drug-likeness (QED) is 0.554. The van der Waals surface area contributed by atoms with Crippen molar-refractivity contribution >= 4 is 37.8 Å². The minimum Gasteiger partial charge on any atom is -0.491 e. The summed E-state index contributed by atoms with van der Waals surface area (Å²) in [6.45, 7) is 2.43. The molecule has 0 saturated carbocycles. The van der Waals surface area contributed by atoms with Crippen molar-refractivity contribution in [3.8, 4) is 5.75 Å². The van der Waals surface area contributed by atoms with Gasteiger partial charge in [-0.25, -0.2) is 0 Å². The van der Waals surface area contributed by atoms with Crippen molar-refractivity contribution in [3.05, 3.63) is 26.6 Å². The summed E-state index contributed by atoms with van der Waals surface area (Å²) in [6, 6.07) is 4.12. The summed E-state index contributed by atoms with van der Waals surface area (Å²) in [5.41, 5.74) is 6.94. The first kappa shape index (κ1) is 17.5. The standard InChI is InChI=1S/C14H19Br2NO3/c1-9(17)6-10-7-11(15)14(12(16)8-10)20-5-3-4-13(18)19-2/h7-9H,3-6,17H2,1-2H3. The van der Waals surface area contributed by atoms with Gasteiger partial charge in [-0.1, -0.05) is 0 Å². The van der Waals surface area contributed by atoms with Crippen molar-refractivity contribution in [3.63, 3.8) is 0 Å². The predicted octanol–water partition coefficient (Wildman–Crippen LogP) is 3.43. The molecule has 1 atom stereocenters. The molecule has 0 bridgehead atoms. The Balaban J connectivity index is 2.60. The van der Waals surface area contributed by atoms with E-state index in [2.05, 4.69) is 36.6 Å². The van der Waals surface area contributed by atoms with Gasteiger partial charge in [-0.05, 0) is 69.3 Å². The van der Waals surface area contributed by atoms with Crippen LogP contribution in [-0.4, -0.2) is 25.7 Å². The van der Waals surface area contributed by atoms with Crippen LogP contribution in [0.2, 0.25) is 0 Å². The van der Waals surface area contributed by atoms with Crippen molar-refractivity contribution < 1.29 is 14.3 Å². The predicted molar refractivity (Wildman–Crippen MR) is 85.9 cm³/mol. The number of carbonyl (C=O) groups is 1. The Hall–Kier alpha value is -0.590. The molecule has 0 aromatic heterocycles. The number of methoxy groups -OCH3 is 1. The molecule has 0 heterocycles. The van der Waals surface area contributed by atoms with Crippen LogP contribution < -0.4 is 10.5 Å². The van der Waals surface area contributed by atoms with Gasteiger partial charge in [0.2, 0.25) is 0 Å². The Morgan fingerprint density at radius 1 is 1.35 bits per heavy atom. The number of nitrogens with two attached hydrogens (primary N) is 1. The number of ether oxygens (including phenoxy) is 2. The smallest absolute Gasteiger partial charge is 0.305 e. The third-order valence-corrected chi connectivity index (χ3v) is 3.79. The Bertz CT molecular complexity index is 441. The first-order chi connectivity index (χ1) is 9.43. The minimum absolute atomic E-state index is 0.112. The van der Waals surface area contributed by atoms with E-state index >= 15 is 0 Å². The highest BCUT2D eigenvalue weighted by atomic mass is 79.9. The SMILES string of the molecule is COC(=O)CCCOc1c(Br)cc(CC(C)N)cc1Br. The van der Waals surface area contributed by atoms with Gasteiger partial charge in [0, 0.05) is 12.5 Å². The molecule has 0 fully saturated rings. The topological polar surface area (TPSA) is 61.5 Å². The summed E-state index contributed by atoms with van der Waals surface area (Å²) < 4.78 is 12.0. The van der Waals surface area contributed by atoms with E-state index in [0.717, 1.165) is 26.7 Å². The number of carbonyl (C=O) groups excluding carboxylic acids is 1. The van der Waals surface area contributed by atoms with Crippen LogP contribution in [0.15, 0.2) is 21.1 Å². The van der Waals surface area contributed by atoms with Crippen molar-refractivity contribution in [2.45, 2.75) is 32.2 Å². The summed E-state index contributed by atoms with van der Waals surface area (Å²) in [7, 11) is 1.38. The van der Waals surface area contributed by atoms with Gasteiger partial charge in [0.25, 0.3) is 0 Å². The molecule has 20 heavy (non-hydrogen) atoms. The van der Waals surface area contributed by atoms with Crippen LogP contribution in [0.3, 0.4) is 0 Å². The van der Waals surface area contributed by atoms with Gasteiger partial charge in [0.15, 0.2) is 0 Å². The number of hydrogen-bond acceptors (Lipinski definition) is 4. The lowest BCUT2D eigenvalue weighted by Crippen LogP contribution is -2.17. The molecule has 1 rings (SSSR count). The van der Waals surface area contributed by atoms with E-state index in [9.17, 15) is 4.79 Å². The second kappa shape index (κ2) is 8.64. The summed E-state index contributed by atoms with van der Waals surface area (Å²) in [5.74, 6) is 0.516. The van der Waals surface area contributed by atoms with E-state index in [1.165, 1.54) is 7.11 Å². The molecular weight excluding hydrogens is 390 g/mol.